The number of amides is 1. The lowest BCUT2D eigenvalue weighted by Crippen LogP contribution is -2.50. The zero-order valence-corrected chi connectivity index (χ0v) is 21.0. The Morgan fingerprint density at radius 1 is 1.06 bits per heavy atom. The predicted molar refractivity (Wildman–Crippen MR) is 141 cm³/mol. The van der Waals surface area contributed by atoms with Gasteiger partial charge < -0.3 is 10.2 Å². The molecule has 1 amide bonds. The molecule has 0 saturated heterocycles. The third kappa shape index (κ3) is 4.69. The number of carbonyl (C=O) groups is 1. The highest BCUT2D eigenvalue weighted by Gasteiger charge is 2.40. The van der Waals surface area contributed by atoms with Crippen LogP contribution in [0.3, 0.4) is 0 Å². The minimum atomic E-state index is 0.0535. The maximum atomic E-state index is 13.8. The van der Waals surface area contributed by atoms with Crippen LogP contribution < -0.4 is 10.2 Å². The molecule has 1 heterocycles. The Hall–Kier alpha value is -3.23. The molecular weight excluding hydrogens is 438 g/mol. The molecule has 4 rings (SSSR count). The van der Waals surface area contributed by atoms with Crippen molar-refractivity contribution in [3.8, 4) is 5.40 Å². The number of hydrogen-bond acceptors (Lipinski definition) is 4. The van der Waals surface area contributed by atoms with Crippen LogP contribution in [0.25, 0.3) is 0 Å². The Balaban J connectivity index is 1.68. The van der Waals surface area contributed by atoms with E-state index in [4.69, 9.17) is 5.26 Å². The number of rotatable bonds is 6. The smallest absolute Gasteiger partial charge is 0.258 e. The van der Waals surface area contributed by atoms with Crippen LogP contribution >= 0.6 is 11.8 Å². The van der Waals surface area contributed by atoms with E-state index in [9.17, 15) is 4.79 Å². The zero-order valence-electron chi connectivity index (χ0n) is 20.2. The second kappa shape index (κ2) is 10.4. The molecule has 1 aliphatic rings. The number of thioether (sulfide) groups is 1. The Kier molecular flexibility index (Phi) is 7.29. The molecule has 34 heavy (non-hydrogen) atoms. The molecule has 0 fully saturated rings. The first-order chi connectivity index (χ1) is 16.4. The topological polar surface area (TPSA) is 56.1 Å². The van der Waals surface area contributed by atoms with Gasteiger partial charge in [0.1, 0.15) is 5.40 Å². The molecule has 174 valence electrons. The summed E-state index contributed by atoms with van der Waals surface area (Å²) >= 11 is 1.16. The van der Waals surface area contributed by atoms with E-state index in [0.29, 0.717) is 5.92 Å². The molecule has 0 bridgehead atoms. The van der Waals surface area contributed by atoms with Crippen LogP contribution in [-0.4, -0.2) is 11.9 Å². The van der Waals surface area contributed by atoms with Gasteiger partial charge in [-0.15, -0.1) is 0 Å². The van der Waals surface area contributed by atoms with Gasteiger partial charge in [-0.25, -0.2) is 0 Å². The van der Waals surface area contributed by atoms with Gasteiger partial charge in [-0.3, -0.25) is 4.79 Å². The maximum absolute atomic E-state index is 13.8. The van der Waals surface area contributed by atoms with E-state index >= 15 is 0 Å². The van der Waals surface area contributed by atoms with Gasteiger partial charge in [0.15, 0.2) is 0 Å². The van der Waals surface area contributed by atoms with Crippen molar-refractivity contribution in [2.45, 2.75) is 57.0 Å². The molecule has 0 radical (unpaired) electrons. The van der Waals surface area contributed by atoms with Crippen LogP contribution in [0.5, 0.6) is 0 Å². The lowest BCUT2D eigenvalue weighted by atomic mass is 9.80. The van der Waals surface area contributed by atoms with Crippen molar-refractivity contribution in [1.29, 1.82) is 5.26 Å². The number of nitriles is 1. The van der Waals surface area contributed by atoms with E-state index in [1.54, 1.807) is 0 Å². The molecule has 0 spiro atoms. The van der Waals surface area contributed by atoms with Crippen LogP contribution in [0, 0.1) is 16.6 Å². The first-order valence-corrected chi connectivity index (χ1v) is 12.7. The number of carbonyl (C=O) groups excluding carboxylic acids is 1. The second-order valence-corrected chi connectivity index (χ2v) is 10.0. The largest absolute Gasteiger partial charge is 0.378 e. The van der Waals surface area contributed by atoms with Gasteiger partial charge in [0.2, 0.25) is 0 Å². The first kappa shape index (κ1) is 23.9. The summed E-state index contributed by atoms with van der Waals surface area (Å²) in [5, 5.41) is 14.7. The average molecular weight is 470 g/mol. The Morgan fingerprint density at radius 2 is 1.74 bits per heavy atom. The SMILES string of the molecule is CCC1C(C)C(Nc2ccc(SC#N)cc2)c2ccccc2N1C(=O)c1ccc(C(C)C)cc1. The molecule has 0 aromatic heterocycles. The molecule has 3 aromatic carbocycles. The standard InChI is InChI=1S/C29H31N3OS/c1-5-26-20(4)28(31-23-14-16-24(17-15-23)34-18-30)25-8-6-7-9-27(25)32(26)29(33)22-12-10-21(11-13-22)19(2)3/h6-17,19-20,26,28,31H,5H2,1-4H3. The molecule has 3 atom stereocenters. The van der Waals surface area contributed by atoms with Crippen molar-refractivity contribution in [2.24, 2.45) is 5.92 Å². The Labute approximate surface area is 207 Å². The molecule has 3 aromatic rings. The molecule has 1 aliphatic heterocycles. The molecule has 1 N–H and O–H groups in total. The van der Waals surface area contributed by atoms with Crippen LogP contribution in [0.1, 0.15) is 67.6 Å². The van der Waals surface area contributed by atoms with E-state index in [1.807, 2.05) is 53.4 Å². The molecule has 0 saturated carbocycles. The van der Waals surface area contributed by atoms with Crippen molar-refractivity contribution in [3.05, 3.63) is 89.5 Å². The van der Waals surface area contributed by atoms with E-state index in [1.165, 1.54) is 5.56 Å². The van der Waals surface area contributed by atoms with Crippen LogP contribution in [0.4, 0.5) is 11.4 Å². The summed E-state index contributed by atoms with van der Waals surface area (Å²) in [6.45, 7) is 8.71. The highest BCUT2D eigenvalue weighted by Crippen LogP contribution is 2.44. The molecule has 4 nitrogen and oxygen atoms in total. The average Bonchev–Trinajstić information content (AvgIpc) is 2.86. The fourth-order valence-electron chi connectivity index (χ4n) is 4.91. The number of thiocyanates is 1. The van der Waals surface area contributed by atoms with E-state index in [-0.39, 0.29) is 23.9 Å². The number of para-hydroxylation sites is 1. The zero-order chi connectivity index (χ0) is 24.2. The second-order valence-electron chi connectivity index (χ2n) is 9.19. The van der Waals surface area contributed by atoms with Gasteiger partial charge in [-0.05, 0) is 77.7 Å². The summed E-state index contributed by atoms with van der Waals surface area (Å²) in [4.78, 5) is 16.7. The monoisotopic (exact) mass is 469 g/mol. The van der Waals surface area contributed by atoms with Gasteiger partial charge in [-0.1, -0.05) is 58.0 Å². The van der Waals surface area contributed by atoms with Crippen LogP contribution in [0.2, 0.25) is 0 Å². The van der Waals surface area contributed by atoms with E-state index < -0.39 is 0 Å². The summed E-state index contributed by atoms with van der Waals surface area (Å²) in [6.07, 6.45) is 0.862. The summed E-state index contributed by atoms with van der Waals surface area (Å²) in [6, 6.07) is 24.4. The van der Waals surface area contributed by atoms with Crippen molar-refractivity contribution < 1.29 is 4.79 Å². The lowest BCUT2D eigenvalue weighted by Gasteiger charge is -2.45. The van der Waals surface area contributed by atoms with Crippen LogP contribution in [-0.2, 0) is 0 Å². The van der Waals surface area contributed by atoms with Crippen molar-refractivity contribution in [2.75, 3.05) is 10.2 Å². The van der Waals surface area contributed by atoms with Crippen molar-refractivity contribution in [1.82, 2.24) is 0 Å². The van der Waals surface area contributed by atoms with E-state index in [0.717, 1.165) is 45.6 Å². The Morgan fingerprint density at radius 3 is 2.35 bits per heavy atom. The summed E-state index contributed by atoms with van der Waals surface area (Å²) in [5.41, 5.74) is 5.07. The first-order valence-electron chi connectivity index (χ1n) is 11.9. The van der Waals surface area contributed by atoms with Gasteiger partial charge in [0, 0.05) is 33.8 Å². The normalized spacial score (nSPS) is 19.4. The van der Waals surface area contributed by atoms with Crippen molar-refractivity contribution in [3.63, 3.8) is 0 Å². The number of anilines is 2. The predicted octanol–water partition coefficient (Wildman–Crippen LogP) is 7.61. The number of fused-ring (bicyclic) bond motifs is 1. The summed E-state index contributed by atoms with van der Waals surface area (Å²) in [7, 11) is 0. The molecule has 3 unspecified atom stereocenters. The number of hydrogen-bond donors (Lipinski definition) is 1. The third-order valence-electron chi connectivity index (χ3n) is 6.80. The number of nitrogens with one attached hydrogen (secondary N) is 1. The molecular formula is C29H31N3OS. The lowest BCUT2D eigenvalue weighted by molar-refractivity contribution is 0.0960. The molecule has 5 heteroatoms. The third-order valence-corrected chi connectivity index (χ3v) is 7.40. The van der Waals surface area contributed by atoms with E-state index in [2.05, 4.69) is 62.7 Å². The van der Waals surface area contributed by atoms with Gasteiger partial charge in [-0.2, -0.15) is 5.26 Å². The number of nitrogens with zero attached hydrogens (tertiary/aromatic N) is 2. The van der Waals surface area contributed by atoms with Gasteiger partial charge in [0.05, 0.1) is 6.04 Å². The summed E-state index contributed by atoms with van der Waals surface area (Å²) in [5.74, 6) is 0.687. The van der Waals surface area contributed by atoms with Gasteiger partial charge >= 0.3 is 0 Å². The molecule has 0 aliphatic carbocycles. The quantitative estimate of drug-likeness (QED) is 0.298. The highest BCUT2D eigenvalue weighted by atomic mass is 32.2. The van der Waals surface area contributed by atoms with Gasteiger partial charge in [0.25, 0.3) is 5.91 Å². The minimum Gasteiger partial charge on any atom is -0.378 e. The van der Waals surface area contributed by atoms with Crippen LogP contribution in [0.15, 0.2) is 77.7 Å². The fraction of sp³-hybridized carbons (Fsp3) is 0.310. The summed E-state index contributed by atoms with van der Waals surface area (Å²) < 4.78 is 0. The number of benzene rings is 3. The Bertz CT molecular complexity index is 1180. The maximum Gasteiger partial charge on any atom is 0.258 e. The van der Waals surface area contributed by atoms with Crippen molar-refractivity contribution >= 4 is 29.0 Å². The fourth-order valence-corrected chi connectivity index (χ4v) is 5.29. The highest BCUT2D eigenvalue weighted by molar-refractivity contribution is 8.03. The minimum absolute atomic E-state index is 0.0535.